The van der Waals surface area contributed by atoms with E-state index in [1.54, 1.807) is 18.2 Å². The van der Waals surface area contributed by atoms with Crippen LogP contribution in [0.3, 0.4) is 0 Å². The predicted molar refractivity (Wildman–Crippen MR) is 117 cm³/mol. The number of nitrogens with zero attached hydrogens (tertiary/aromatic N) is 1. The van der Waals surface area contributed by atoms with Crippen molar-refractivity contribution in [3.8, 4) is 5.75 Å². The number of amides is 1. The lowest BCUT2D eigenvalue weighted by atomic mass is 9.95. The molecule has 1 unspecified atom stereocenters. The molecular weight excluding hydrogens is 398 g/mol. The van der Waals surface area contributed by atoms with Gasteiger partial charge < -0.3 is 10.2 Å². The summed E-state index contributed by atoms with van der Waals surface area (Å²) in [6, 6.07) is 17.2. The zero-order chi connectivity index (χ0) is 21.3. The van der Waals surface area contributed by atoms with E-state index in [1.807, 2.05) is 48.7 Å². The van der Waals surface area contributed by atoms with Gasteiger partial charge in [0.2, 0.25) is 0 Å². The third kappa shape index (κ3) is 3.50. The highest BCUT2D eigenvalue weighted by atomic mass is 32.1. The minimum atomic E-state index is -0.769. The number of phenols is 1. The third-order valence-electron chi connectivity index (χ3n) is 5.28. The quantitative estimate of drug-likeness (QED) is 0.598. The van der Waals surface area contributed by atoms with Crippen molar-refractivity contribution in [2.24, 2.45) is 0 Å². The van der Waals surface area contributed by atoms with Gasteiger partial charge in [0.1, 0.15) is 11.8 Å². The number of carbonyl (C=O) groups excluding carboxylic acids is 2. The second-order valence-electron chi connectivity index (χ2n) is 7.21. The van der Waals surface area contributed by atoms with Crippen molar-refractivity contribution in [3.63, 3.8) is 0 Å². The Morgan fingerprint density at radius 2 is 1.73 bits per heavy atom. The number of aryl methyl sites for hydroxylation is 2. The predicted octanol–water partition coefficient (Wildman–Crippen LogP) is 4.86. The number of benzene rings is 2. The normalized spacial score (nSPS) is 16.4. The first kappa shape index (κ1) is 19.9. The van der Waals surface area contributed by atoms with Gasteiger partial charge >= 0.3 is 0 Å². The average Bonchev–Trinajstić information content (AvgIpc) is 3.28. The Morgan fingerprint density at radius 1 is 1.03 bits per heavy atom. The first-order valence-corrected chi connectivity index (χ1v) is 10.5. The molecule has 0 saturated heterocycles. The fourth-order valence-electron chi connectivity index (χ4n) is 3.76. The van der Waals surface area contributed by atoms with Crippen LogP contribution in [0.2, 0.25) is 0 Å². The van der Waals surface area contributed by atoms with Crippen molar-refractivity contribution in [1.82, 2.24) is 0 Å². The van der Waals surface area contributed by atoms with E-state index in [2.05, 4.69) is 0 Å². The summed E-state index contributed by atoms with van der Waals surface area (Å²) in [6.45, 7) is 1.90. The van der Waals surface area contributed by atoms with Crippen LogP contribution in [0.1, 0.15) is 28.5 Å². The van der Waals surface area contributed by atoms with Gasteiger partial charge in [-0.2, -0.15) is 0 Å². The van der Waals surface area contributed by atoms with Crippen LogP contribution in [0.5, 0.6) is 5.75 Å². The summed E-state index contributed by atoms with van der Waals surface area (Å²) >= 11 is 1.42. The number of aromatic hydroxyl groups is 1. The lowest BCUT2D eigenvalue weighted by molar-refractivity contribution is -0.118. The van der Waals surface area contributed by atoms with Gasteiger partial charge in [-0.15, -0.1) is 11.3 Å². The molecule has 1 amide bonds. The van der Waals surface area contributed by atoms with Crippen molar-refractivity contribution < 1.29 is 19.8 Å². The maximum Gasteiger partial charge on any atom is 0.294 e. The number of aliphatic hydroxyl groups excluding tert-OH is 1. The number of Topliss-reactive ketones (excluding diaryl/α,β-unsaturated/α-hetero) is 1. The van der Waals surface area contributed by atoms with Crippen LogP contribution in [0.15, 0.2) is 77.4 Å². The van der Waals surface area contributed by atoms with Crippen molar-refractivity contribution in [3.05, 3.63) is 93.4 Å². The number of ketones is 1. The lowest BCUT2D eigenvalue weighted by Gasteiger charge is -2.27. The van der Waals surface area contributed by atoms with Gasteiger partial charge in [-0.1, -0.05) is 42.5 Å². The van der Waals surface area contributed by atoms with Crippen molar-refractivity contribution in [1.29, 1.82) is 0 Å². The van der Waals surface area contributed by atoms with E-state index in [9.17, 15) is 19.8 Å². The van der Waals surface area contributed by atoms with E-state index in [4.69, 9.17) is 0 Å². The topological polar surface area (TPSA) is 77.8 Å². The smallest absolute Gasteiger partial charge is 0.294 e. The maximum atomic E-state index is 13.2. The Balaban J connectivity index is 1.74. The van der Waals surface area contributed by atoms with Crippen LogP contribution < -0.4 is 4.90 Å². The maximum absolute atomic E-state index is 13.2. The van der Waals surface area contributed by atoms with Crippen LogP contribution in [-0.4, -0.2) is 21.9 Å². The Bertz CT molecular complexity index is 1130. The minimum Gasteiger partial charge on any atom is -0.506 e. The molecule has 0 radical (unpaired) electrons. The van der Waals surface area contributed by atoms with E-state index >= 15 is 0 Å². The van der Waals surface area contributed by atoms with E-state index < -0.39 is 17.7 Å². The number of phenolic OH excluding ortho intramolecular Hbond substituents is 1. The number of anilines is 1. The second-order valence-corrected chi connectivity index (χ2v) is 8.15. The second kappa shape index (κ2) is 8.16. The first-order chi connectivity index (χ1) is 14.5. The molecule has 1 atom stereocenters. The molecule has 6 heteroatoms. The summed E-state index contributed by atoms with van der Waals surface area (Å²) in [5.41, 5.74) is 2.28. The zero-order valence-electron chi connectivity index (χ0n) is 16.4. The molecular formula is C24H21NO4S. The first-order valence-electron chi connectivity index (χ1n) is 9.65. The monoisotopic (exact) mass is 419 g/mol. The molecule has 152 valence electrons. The molecule has 30 heavy (non-hydrogen) atoms. The molecule has 1 aromatic heterocycles. The molecule has 0 saturated carbocycles. The summed E-state index contributed by atoms with van der Waals surface area (Å²) in [6.07, 6.45) is 0.684. The van der Waals surface area contributed by atoms with E-state index in [1.165, 1.54) is 22.3 Å². The van der Waals surface area contributed by atoms with Gasteiger partial charge in [-0.3, -0.25) is 14.5 Å². The van der Waals surface area contributed by atoms with Crippen molar-refractivity contribution in [2.45, 2.75) is 25.8 Å². The van der Waals surface area contributed by atoms with Crippen molar-refractivity contribution in [2.75, 3.05) is 4.90 Å². The van der Waals surface area contributed by atoms with Crippen molar-refractivity contribution >= 4 is 28.7 Å². The largest absolute Gasteiger partial charge is 0.506 e. The van der Waals surface area contributed by atoms with Crippen LogP contribution in [0.25, 0.3) is 0 Å². The number of aliphatic hydroxyl groups is 1. The molecule has 1 aliphatic rings. The van der Waals surface area contributed by atoms with E-state index in [0.717, 1.165) is 16.0 Å². The minimum absolute atomic E-state index is 0.0872. The molecule has 0 spiro atoms. The van der Waals surface area contributed by atoms with Gasteiger partial charge in [0.05, 0.1) is 11.3 Å². The number of rotatable bonds is 6. The number of hydrogen-bond donors (Lipinski definition) is 2. The molecule has 0 bridgehead atoms. The zero-order valence-corrected chi connectivity index (χ0v) is 17.2. The number of carbonyl (C=O) groups is 2. The Hall–Kier alpha value is -3.38. The highest BCUT2D eigenvalue weighted by Crippen LogP contribution is 2.46. The molecule has 3 aromatic rings. The number of hydrogen-bond acceptors (Lipinski definition) is 5. The molecule has 4 rings (SSSR count). The van der Waals surface area contributed by atoms with Gasteiger partial charge in [0, 0.05) is 11.3 Å². The summed E-state index contributed by atoms with van der Waals surface area (Å²) in [5.74, 6) is -1.59. The summed E-state index contributed by atoms with van der Waals surface area (Å²) in [5, 5.41) is 22.9. The third-order valence-corrected chi connectivity index (χ3v) is 6.35. The van der Waals surface area contributed by atoms with Crippen LogP contribution in [0.4, 0.5) is 5.69 Å². The van der Waals surface area contributed by atoms with Gasteiger partial charge in [-0.05, 0) is 48.1 Å². The van der Waals surface area contributed by atoms with E-state index in [-0.39, 0.29) is 29.2 Å². The Morgan fingerprint density at radius 3 is 2.40 bits per heavy atom. The molecule has 5 nitrogen and oxygen atoms in total. The molecule has 2 heterocycles. The van der Waals surface area contributed by atoms with E-state index in [0.29, 0.717) is 6.42 Å². The molecule has 1 aliphatic heterocycles. The van der Waals surface area contributed by atoms with Crippen LogP contribution in [-0.2, 0) is 16.0 Å². The van der Waals surface area contributed by atoms with Gasteiger partial charge in [-0.25, -0.2) is 0 Å². The van der Waals surface area contributed by atoms with Gasteiger partial charge in [0.15, 0.2) is 11.5 Å². The molecule has 0 fully saturated rings. The fourth-order valence-corrected chi connectivity index (χ4v) is 4.78. The highest BCUT2D eigenvalue weighted by molar-refractivity contribution is 7.10. The lowest BCUT2D eigenvalue weighted by Crippen LogP contribution is -2.31. The standard InChI is InChI=1S/C24H21NO4S/c1-15-13-14-30-23(15)21-20(19(27)12-11-16-7-3-2-4-8-16)22(28)24(29)25(21)17-9-5-6-10-18(17)26/h2-10,13-14,21,26,28H,11-12H2,1H3. The summed E-state index contributed by atoms with van der Waals surface area (Å²) < 4.78 is 0. The number of thiophene rings is 1. The SMILES string of the molecule is Cc1ccsc1C1C(C(=O)CCc2ccccc2)=C(O)C(=O)N1c1ccccc1O. The van der Waals surface area contributed by atoms with Crippen LogP contribution >= 0.6 is 11.3 Å². The Kier molecular flexibility index (Phi) is 5.42. The van der Waals surface area contributed by atoms with Crippen LogP contribution in [0, 0.1) is 6.92 Å². The average molecular weight is 420 g/mol. The summed E-state index contributed by atoms with van der Waals surface area (Å²) in [4.78, 5) is 28.3. The summed E-state index contributed by atoms with van der Waals surface area (Å²) in [7, 11) is 0. The van der Waals surface area contributed by atoms with Gasteiger partial charge in [0.25, 0.3) is 5.91 Å². The highest BCUT2D eigenvalue weighted by Gasteiger charge is 2.45. The number of para-hydroxylation sites is 2. The molecule has 2 N–H and O–H groups in total. The molecule has 2 aromatic carbocycles. The fraction of sp³-hybridized carbons (Fsp3) is 0.167. The Labute approximate surface area is 178 Å². The molecule has 0 aliphatic carbocycles.